The lowest BCUT2D eigenvalue weighted by molar-refractivity contribution is -0.274. The number of nitrogens with one attached hydrogen (secondary N) is 1. The van der Waals surface area contributed by atoms with Crippen LogP contribution >= 0.6 is 11.3 Å². The highest BCUT2D eigenvalue weighted by atomic mass is 32.1. The number of rotatable bonds is 8. The van der Waals surface area contributed by atoms with E-state index in [9.17, 15) is 27.6 Å². The first kappa shape index (κ1) is 27.6. The molecule has 0 saturated carbocycles. The molecule has 13 heteroatoms. The van der Waals surface area contributed by atoms with Gasteiger partial charge >= 0.3 is 12.3 Å². The Balaban J connectivity index is 1.47. The molecule has 0 bridgehead atoms. The molecule has 3 aromatic carbocycles. The predicted octanol–water partition coefficient (Wildman–Crippen LogP) is 5.69. The third-order valence-corrected chi connectivity index (χ3v) is 6.69. The minimum absolute atomic E-state index is 0.0258. The summed E-state index contributed by atoms with van der Waals surface area (Å²) in [5, 5.41) is 10.3. The normalized spacial score (nSPS) is 11.4. The number of aromatic nitrogens is 2. The molecule has 0 aliphatic rings. The number of alkyl halides is 3. The lowest BCUT2D eigenvalue weighted by atomic mass is 10.1. The zero-order valence-electron chi connectivity index (χ0n) is 21.2. The zero-order valence-corrected chi connectivity index (χ0v) is 22.0. The van der Waals surface area contributed by atoms with Gasteiger partial charge in [-0.2, -0.15) is 9.78 Å². The first-order valence-electron chi connectivity index (χ1n) is 12.1. The van der Waals surface area contributed by atoms with Crippen LogP contribution in [0.15, 0.2) is 76.9 Å². The number of hydrogen-bond acceptors (Lipinski definition) is 8. The Kier molecular flexibility index (Phi) is 7.62. The van der Waals surface area contributed by atoms with Crippen LogP contribution in [0.5, 0.6) is 11.5 Å². The summed E-state index contributed by atoms with van der Waals surface area (Å²) < 4.78 is 53.3. The quantitative estimate of drug-likeness (QED) is 0.234. The number of benzene rings is 3. The predicted molar refractivity (Wildman–Crippen MR) is 146 cm³/mol. The van der Waals surface area contributed by atoms with E-state index in [-0.39, 0.29) is 40.4 Å². The summed E-state index contributed by atoms with van der Waals surface area (Å²) in [6.45, 7) is 1.27. The lowest BCUT2D eigenvalue weighted by Crippen LogP contribution is -2.26. The summed E-state index contributed by atoms with van der Waals surface area (Å²) in [6, 6.07) is 17.3. The average molecular weight is 584 g/mol. The molecule has 1 N–H and O–H groups in total. The van der Waals surface area contributed by atoms with Gasteiger partial charge in [-0.25, -0.2) is 4.79 Å². The molecule has 5 aromatic rings. The molecule has 0 radical (unpaired) electrons. The number of hydrogen-bond donors (Lipinski definition) is 1. The summed E-state index contributed by atoms with van der Waals surface area (Å²) in [7, 11) is 0. The summed E-state index contributed by atoms with van der Waals surface area (Å²) >= 11 is 0.998. The number of amides is 1. The van der Waals surface area contributed by atoms with Crippen LogP contribution < -0.4 is 20.3 Å². The van der Waals surface area contributed by atoms with Crippen molar-refractivity contribution < 1.29 is 37.0 Å². The Morgan fingerprint density at radius 3 is 2.46 bits per heavy atom. The third kappa shape index (κ3) is 5.99. The van der Waals surface area contributed by atoms with E-state index in [0.29, 0.717) is 5.75 Å². The fourth-order valence-electron chi connectivity index (χ4n) is 4.08. The molecule has 9 nitrogen and oxygen atoms in total. The number of esters is 1. The van der Waals surface area contributed by atoms with Gasteiger partial charge < -0.3 is 19.5 Å². The lowest BCUT2D eigenvalue weighted by Gasteiger charge is -2.12. The van der Waals surface area contributed by atoms with Gasteiger partial charge in [0.1, 0.15) is 16.5 Å². The molecule has 0 aliphatic heterocycles. The highest BCUT2D eigenvalue weighted by molar-refractivity contribution is 7.16. The largest absolute Gasteiger partial charge is 0.573 e. The van der Waals surface area contributed by atoms with E-state index >= 15 is 0 Å². The van der Waals surface area contributed by atoms with Crippen molar-refractivity contribution in [1.82, 2.24) is 9.78 Å². The van der Waals surface area contributed by atoms with E-state index in [1.165, 1.54) is 17.5 Å². The van der Waals surface area contributed by atoms with Gasteiger partial charge in [0.15, 0.2) is 12.3 Å². The molecule has 0 aliphatic carbocycles. The number of nitrogens with zero attached hydrogens (tertiary/aromatic N) is 2. The molecule has 41 heavy (non-hydrogen) atoms. The third-order valence-electron chi connectivity index (χ3n) is 5.80. The van der Waals surface area contributed by atoms with Gasteiger partial charge in [0.2, 0.25) is 0 Å². The second-order valence-corrected chi connectivity index (χ2v) is 9.38. The van der Waals surface area contributed by atoms with Gasteiger partial charge in [0.25, 0.3) is 11.5 Å². The molecule has 0 atom stereocenters. The van der Waals surface area contributed by atoms with Crippen LogP contribution in [0.1, 0.15) is 17.4 Å². The maximum atomic E-state index is 13.5. The van der Waals surface area contributed by atoms with E-state index in [1.54, 1.807) is 19.1 Å². The number of ether oxygens (including phenoxy) is 3. The van der Waals surface area contributed by atoms with Crippen molar-refractivity contribution in [1.29, 1.82) is 0 Å². The van der Waals surface area contributed by atoms with Gasteiger partial charge in [-0.05, 0) is 42.6 Å². The van der Waals surface area contributed by atoms with Crippen molar-refractivity contribution >= 4 is 49.8 Å². The Hall–Kier alpha value is -4.91. The number of anilines is 1. The minimum Gasteiger partial charge on any atom is -0.483 e. The van der Waals surface area contributed by atoms with Gasteiger partial charge in [0.05, 0.1) is 17.7 Å². The van der Waals surface area contributed by atoms with Crippen LogP contribution in [0.3, 0.4) is 0 Å². The minimum atomic E-state index is -4.90. The maximum absolute atomic E-state index is 13.5. The van der Waals surface area contributed by atoms with Crippen LogP contribution in [0, 0.1) is 0 Å². The van der Waals surface area contributed by atoms with E-state index in [1.807, 2.05) is 30.3 Å². The smallest absolute Gasteiger partial charge is 0.483 e. The molecule has 210 valence electrons. The van der Waals surface area contributed by atoms with Crippen molar-refractivity contribution in [2.45, 2.75) is 13.3 Å². The Morgan fingerprint density at radius 1 is 1.00 bits per heavy atom. The maximum Gasteiger partial charge on any atom is 0.573 e. The summed E-state index contributed by atoms with van der Waals surface area (Å²) in [5.74, 6) is -1.38. The molecule has 0 spiro atoms. The van der Waals surface area contributed by atoms with E-state index in [0.717, 1.165) is 38.9 Å². The molecule has 1 amide bonds. The highest BCUT2D eigenvalue weighted by Crippen LogP contribution is 2.31. The monoisotopic (exact) mass is 583 g/mol. The fourth-order valence-corrected chi connectivity index (χ4v) is 5.04. The van der Waals surface area contributed by atoms with Crippen molar-refractivity contribution in [2.24, 2.45) is 0 Å². The number of halogens is 3. The zero-order chi connectivity index (χ0) is 29.1. The summed E-state index contributed by atoms with van der Waals surface area (Å²) in [4.78, 5) is 39.1. The first-order chi connectivity index (χ1) is 19.6. The number of fused-ring (bicyclic) bond motifs is 2. The average Bonchev–Trinajstić information content (AvgIpc) is 3.36. The number of carbonyl (C=O) groups is 2. The molecular weight excluding hydrogens is 563 g/mol. The molecular formula is C28H20F3N3O6S. The Bertz CT molecular complexity index is 1810. The Morgan fingerprint density at radius 2 is 1.73 bits per heavy atom. The molecule has 0 fully saturated rings. The number of thiophene rings is 1. The topological polar surface area (TPSA) is 109 Å². The Labute approximate surface area is 233 Å². The van der Waals surface area contributed by atoms with Crippen LogP contribution in [0.4, 0.5) is 18.2 Å². The summed E-state index contributed by atoms with van der Waals surface area (Å²) in [6.07, 6.45) is -4.90. The van der Waals surface area contributed by atoms with Gasteiger partial charge in [0, 0.05) is 16.2 Å². The fraction of sp³-hybridized carbons (Fsp3) is 0.143. The van der Waals surface area contributed by atoms with Crippen LogP contribution in [0.2, 0.25) is 0 Å². The molecule has 0 unspecified atom stereocenters. The SMILES string of the molecule is CCOC(=O)c1nn(-c2ccc(OC(F)(F)F)cc2)c(=O)c2c(NC(=O)COc3cccc4ccccc34)scc12. The van der Waals surface area contributed by atoms with Gasteiger partial charge in [-0.15, -0.1) is 24.5 Å². The van der Waals surface area contributed by atoms with E-state index < -0.39 is 29.5 Å². The molecule has 2 heterocycles. The second kappa shape index (κ2) is 11.3. The number of carbonyl (C=O) groups excluding carboxylic acids is 2. The van der Waals surface area contributed by atoms with Crippen molar-refractivity contribution in [2.75, 3.05) is 18.5 Å². The molecule has 0 saturated heterocycles. The highest BCUT2D eigenvalue weighted by Gasteiger charge is 2.31. The molecule has 5 rings (SSSR count). The van der Waals surface area contributed by atoms with Crippen molar-refractivity contribution in [3.63, 3.8) is 0 Å². The van der Waals surface area contributed by atoms with Gasteiger partial charge in [-0.1, -0.05) is 36.4 Å². The standard InChI is InChI=1S/C28H20F3N3O6S/c1-2-38-27(37)24-20-15-41-25(32-22(35)14-39-21-9-5-7-16-6-3-4-8-19(16)21)23(20)26(36)34(33-24)17-10-12-18(13-11-17)40-28(29,30)31/h3-13,15H,2,14H2,1H3,(H,32,35). The van der Waals surface area contributed by atoms with E-state index in [4.69, 9.17) is 9.47 Å². The van der Waals surface area contributed by atoms with Crippen LogP contribution in [0.25, 0.3) is 27.2 Å². The van der Waals surface area contributed by atoms with Gasteiger partial charge in [-0.3, -0.25) is 9.59 Å². The second-order valence-electron chi connectivity index (χ2n) is 8.50. The van der Waals surface area contributed by atoms with E-state index in [2.05, 4.69) is 15.2 Å². The van der Waals surface area contributed by atoms with Crippen LogP contribution in [-0.4, -0.2) is 41.2 Å². The van der Waals surface area contributed by atoms with Crippen LogP contribution in [-0.2, 0) is 9.53 Å². The summed E-state index contributed by atoms with van der Waals surface area (Å²) in [5.41, 5.74) is -0.871. The molecule has 2 aromatic heterocycles. The van der Waals surface area contributed by atoms with Crippen molar-refractivity contribution in [3.8, 4) is 17.2 Å². The first-order valence-corrected chi connectivity index (χ1v) is 13.0. The van der Waals surface area contributed by atoms with Crippen molar-refractivity contribution in [3.05, 3.63) is 88.2 Å².